The molecule has 1 fully saturated rings. The van der Waals surface area contributed by atoms with Gasteiger partial charge in [0.2, 0.25) is 5.91 Å². The van der Waals surface area contributed by atoms with Gasteiger partial charge in [0.15, 0.2) is 5.65 Å². The SMILES string of the molecule is C=C/C(Cl)=C(\C(Cl)=C/C)N1CCN(C(=O)CNc2c(-c3ccc4c(c3)CCCN4C(C)C)nc3cnccn23)CC1. The maximum Gasteiger partial charge on any atom is 0.242 e. The Morgan fingerprint density at radius 3 is 2.61 bits per heavy atom. The zero-order valence-corrected chi connectivity index (χ0v) is 25.4. The number of aromatic nitrogens is 3. The van der Waals surface area contributed by atoms with Crippen molar-refractivity contribution in [3.8, 4) is 11.3 Å². The van der Waals surface area contributed by atoms with Crippen molar-refractivity contribution in [2.45, 2.75) is 39.7 Å². The van der Waals surface area contributed by atoms with E-state index in [-0.39, 0.29) is 12.5 Å². The number of piperazine rings is 1. The number of anilines is 2. The Bertz CT molecular complexity index is 1500. The molecule has 0 radical (unpaired) electrons. The molecule has 1 amide bonds. The van der Waals surface area contributed by atoms with E-state index in [0.29, 0.717) is 42.3 Å². The first-order valence-corrected chi connectivity index (χ1v) is 14.9. The van der Waals surface area contributed by atoms with Crippen LogP contribution in [-0.2, 0) is 11.2 Å². The number of nitrogens with one attached hydrogen (secondary N) is 1. The Kier molecular flexibility index (Phi) is 8.90. The van der Waals surface area contributed by atoms with Crippen LogP contribution in [0.15, 0.2) is 71.3 Å². The van der Waals surface area contributed by atoms with Gasteiger partial charge < -0.3 is 20.0 Å². The number of carbonyl (C=O) groups excluding carboxylic acids is 1. The molecule has 8 nitrogen and oxygen atoms in total. The first-order valence-electron chi connectivity index (χ1n) is 14.1. The summed E-state index contributed by atoms with van der Waals surface area (Å²) in [5, 5.41) is 4.49. The van der Waals surface area contributed by atoms with Gasteiger partial charge in [-0.1, -0.05) is 41.9 Å². The van der Waals surface area contributed by atoms with Crippen molar-refractivity contribution in [1.82, 2.24) is 24.2 Å². The van der Waals surface area contributed by atoms with Gasteiger partial charge in [-0.2, -0.15) is 0 Å². The van der Waals surface area contributed by atoms with E-state index in [1.54, 1.807) is 18.5 Å². The predicted octanol–water partition coefficient (Wildman–Crippen LogP) is 5.89. The minimum Gasteiger partial charge on any atom is -0.369 e. The fourth-order valence-corrected chi connectivity index (χ4v) is 6.18. The summed E-state index contributed by atoms with van der Waals surface area (Å²) in [6, 6.07) is 7.05. The first kappa shape index (κ1) is 29.0. The van der Waals surface area contributed by atoms with E-state index >= 15 is 0 Å². The van der Waals surface area contributed by atoms with E-state index in [2.05, 4.69) is 58.7 Å². The molecule has 216 valence electrons. The minimum atomic E-state index is 0.0232. The van der Waals surface area contributed by atoms with E-state index < -0.39 is 0 Å². The van der Waals surface area contributed by atoms with Crippen molar-refractivity contribution in [2.75, 3.05) is 49.5 Å². The van der Waals surface area contributed by atoms with Crippen LogP contribution < -0.4 is 10.2 Å². The number of imidazole rings is 1. The summed E-state index contributed by atoms with van der Waals surface area (Å²) in [6.07, 6.45) is 10.9. The third-order valence-electron chi connectivity index (χ3n) is 7.80. The summed E-state index contributed by atoms with van der Waals surface area (Å²) in [5.41, 5.74) is 5.96. The van der Waals surface area contributed by atoms with Crippen LogP contribution in [0.2, 0.25) is 0 Å². The molecular formula is C31H37Cl2N7O. The summed E-state index contributed by atoms with van der Waals surface area (Å²) in [6.45, 7) is 13.8. The number of aryl methyl sites for hydroxylation is 1. The van der Waals surface area contributed by atoms with E-state index in [4.69, 9.17) is 28.2 Å². The molecule has 10 heteroatoms. The second-order valence-corrected chi connectivity index (χ2v) is 11.4. The average Bonchev–Trinajstić information content (AvgIpc) is 3.37. The number of rotatable bonds is 8. The highest BCUT2D eigenvalue weighted by Crippen LogP contribution is 2.35. The molecule has 3 aromatic rings. The number of benzene rings is 1. The van der Waals surface area contributed by atoms with E-state index in [9.17, 15) is 4.79 Å². The summed E-state index contributed by atoms with van der Waals surface area (Å²) in [7, 11) is 0. The summed E-state index contributed by atoms with van der Waals surface area (Å²) in [5.74, 6) is 0.809. The van der Waals surface area contributed by atoms with Crippen molar-refractivity contribution in [3.63, 3.8) is 0 Å². The third-order valence-corrected chi connectivity index (χ3v) is 8.53. The Hall–Kier alpha value is -3.49. The number of carbonyl (C=O) groups is 1. The summed E-state index contributed by atoms with van der Waals surface area (Å²) >= 11 is 12.8. The molecule has 2 aliphatic heterocycles. The lowest BCUT2D eigenvalue weighted by Gasteiger charge is -2.37. The predicted molar refractivity (Wildman–Crippen MR) is 169 cm³/mol. The van der Waals surface area contributed by atoms with Gasteiger partial charge in [0.1, 0.15) is 11.5 Å². The molecule has 1 aromatic carbocycles. The lowest BCUT2D eigenvalue weighted by Crippen LogP contribution is -2.49. The summed E-state index contributed by atoms with van der Waals surface area (Å²) < 4.78 is 1.96. The number of amides is 1. The van der Waals surface area contributed by atoms with Gasteiger partial charge >= 0.3 is 0 Å². The Labute approximate surface area is 251 Å². The van der Waals surface area contributed by atoms with Crippen LogP contribution >= 0.6 is 23.2 Å². The lowest BCUT2D eigenvalue weighted by atomic mass is 9.97. The van der Waals surface area contributed by atoms with Gasteiger partial charge in [-0.05, 0) is 57.4 Å². The maximum atomic E-state index is 13.3. The highest BCUT2D eigenvalue weighted by Gasteiger charge is 2.26. The normalized spacial score (nSPS) is 16.6. The van der Waals surface area contributed by atoms with Gasteiger partial charge in [0, 0.05) is 62.4 Å². The van der Waals surface area contributed by atoms with E-state index in [1.807, 2.05) is 28.5 Å². The van der Waals surface area contributed by atoms with Crippen LogP contribution in [0.4, 0.5) is 11.5 Å². The molecular weight excluding hydrogens is 557 g/mol. The topological polar surface area (TPSA) is 69.0 Å². The van der Waals surface area contributed by atoms with E-state index in [0.717, 1.165) is 47.8 Å². The van der Waals surface area contributed by atoms with Crippen LogP contribution in [0.5, 0.6) is 0 Å². The Morgan fingerprint density at radius 2 is 1.90 bits per heavy atom. The molecule has 0 atom stereocenters. The molecule has 0 saturated carbocycles. The van der Waals surface area contributed by atoms with Crippen molar-refractivity contribution in [2.24, 2.45) is 0 Å². The Morgan fingerprint density at radius 1 is 1.15 bits per heavy atom. The zero-order valence-electron chi connectivity index (χ0n) is 23.9. The van der Waals surface area contributed by atoms with Gasteiger partial charge in [-0.15, -0.1) is 0 Å². The molecule has 0 bridgehead atoms. The number of nitrogens with zero attached hydrogens (tertiary/aromatic N) is 6. The van der Waals surface area contributed by atoms with Crippen molar-refractivity contribution in [3.05, 3.63) is 76.8 Å². The monoisotopic (exact) mass is 593 g/mol. The largest absolute Gasteiger partial charge is 0.369 e. The number of hydrogen-bond acceptors (Lipinski definition) is 6. The summed E-state index contributed by atoms with van der Waals surface area (Å²) in [4.78, 5) is 28.9. The quantitative estimate of drug-likeness (QED) is 0.328. The smallest absolute Gasteiger partial charge is 0.242 e. The Balaban J connectivity index is 1.33. The molecule has 4 heterocycles. The molecule has 2 aromatic heterocycles. The van der Waals surface area contributed by atoms with Crippen LogP contribution in [0.3, 0.4) is 0 Å². The maximum absolute atomic E-state index is 13.3. The van der Waals surface area contributed by atoms with Crippen molar-refractivity contribution >= 4 is 46.3 Å². The third kappa shape index (κ3) is 5.95. The van der Waals surface area contributed by atoms with Crippen LogP contribution in [0, 0.1) is 0 Å². The van der Waals surface area contributed by atoms with Crippen LogP contribution in [-0.4, -0.2) is 75.4 Å². The molecule has 5 rings (SSSR count). The van der Waals surface area contributed by atoms with Crippen molar-refractivity contribution in [1.29, 1.82) is 0 Å². The fraction of sp³-hybridized carbons (Fsp3) is 0.387. The van der Waals surface area contributed by atoms with Crippen LogP contribution in [0.1, 0.15) is 32.8 Å². The molecule has 0 aliphatic carbocycles. The van der Waals surface area contributed by atoms with Crippen LogP contribution in [0.25, 0.3) is 16.9 Å². The molecule has 1 saturated heterocycles. The van der Waals surface area contributed by atoms with E-state index in [1.165, 1.54) is 11.3 Å². The molecule has 0 spiro atoms. The van der Waals surface area contributed by atoms with Gasteiger partial charge in [-0.25, -0.2) is 4.98 Å². The number of halogens is 2. The second-order valence-electron chi connectivity index (χ2n) is 10.6. The fourth-order valence-electron chi connectivity index (χ4n) is 5.69. The number of hydrogen-bond donors (Lipinski definition) is 1. The van der Waals surface area contributed by atoms with Gasteiger partial charge in [-0.3, -0.25) is 14.2 Å². The zero-order chi connectivity index (χ0) is 29.1. The molecule has 2 aliphatic rings. The molecule has 41 heavy (non-hydrogen) atoms. The van der Waals surface area contributed by atoms with Gasteiger partial charge in [0.25, 0.3) is 0 Å². The average molecular weight is 595 g/mol. The highest BCUT2D eigenvalue weighted by atomic mass is 35.5. The number of allylic oxidation sites excluding steroid dienone is 4. The highest BCUT2D eigenvalue weighted by molar-refractivity contribution is 6.36. The number of fused-ring (bicyclic) bond motifs is 2. The molecule has 1 N–H and O–H groups in total. The molecule has 0 unspecified atom stereocenters. The minimum absolute atomic E-state index is 0.0232. The van der Waals surface area contributed by atoms with Gasteiger partial charge in [0.05, 0.1) is 28.5 Å². The van der Waals surface area contributed by atoms with Crippen molar-refractivity contribution < 1.29 is 4.79 Å². The first-order chi connectivity index (χ1) is 19.8. The standard InChI is InChI=1S/C31H37Cl2N7O/c1-5-24(32)30(25(33)6-2)38-16-14-37(15-17-38)28(41)20-35-31-29(36-27-19-34-11-13-40(27)31)23-9-10-26-22(18-23)8-7-12-39(26)21(3)4/h5-6,9-11,13,18-19,21,35H,1,7-8,12,14-17,20H2,2-4H3/b25-6+,30-24-. The second kappa shape index (κ2) is 12.6. The lowest BCUT2D eigenvalue weighted by molar-refractivity contribution is -0.130.